The number of hydrogen-bond acceptors (Lipinski definition) is 4. The molecule has 4 heteroatoms. The Hall–Kier alpha value is -5.97. The molecule has 7 aromatic carbocycles. The highest BCUT2D eigenvalue weighted by molar-refractivity contribution is 7.26. The van der Waals surface area contributed by atoms with E-state index >= 15 is 0 Å². The lowest BCUT2D eigenvalue weighted by molar-refractivity contribution is 1.07. The lowest BCUT2D eigenvalue weighted by Crippen LogP contribution is -2.00. The molecule has 0 radical (unpaired) electrons. The van der Waals surface area contributed by atoms with Crippen LogP contribution in [0.4, 0.5) is 0 Å². The molecule has 0 atom stereocenters. The summed E-state index contributed by atoms with van der Waals surface area (Å²) < 4.78 is 2.69. The maximum Gasteiger partial charge on any atom is 0.164 e. The van der Waals surface area contributed by atoms with Gasteiger partial charge < -0.3 is 0 Å². The molecule has 0 aliphatic heterocycles. The Morgan fingerprint density at radius 2 is 0.896 bits per heavy atom. The maximum atomic E-state index is 4.96. The number of hydrogen-bond donors (Lipinski definition) is 0. The zero-order valence-electron chi connectivity index (χ0n) is 26.3. The van der Waals surface area contributed by atoms with Crippen LogP contribution in [0.25, 0.3) is 87.4 Å². The van der Waals surface area contributed by atoms with Crippen molar-refractivity contribution in [2.45, 2.75) is 6.92 Å². The van der Waals surface area contributed by atoms with Crippen LogP contribution in [0.2, 0.25) is 0 Å². The van der Waals surface area contributed by atoms with Crippen molar-refractivity contribution in [1.82, 2.24) is 15.0 Å². The van der Waals surface area contributed by atoms with Gasteiger partial charge in [0.1, 0.15) is 0 Å². The number of aryl methyl sites for hydroxylation is 1. The fourth-order valence-electron chi connectivity index (χ4n) is 6.68. The van der Waals surface area contributed by atoms with Crippen molar-refractivity contribution in [2.24, 2.45) is 0 Å². The van der Waals surface area contributed by atoms with E-state index < -0.39 is 0 Å². The van der Waals surface area contributed by atoms with E-state index in [0.717, 1.165) is 27.8 Å². The quantitative estimate of drug-likeness (QED) is 0.190. The largest absolute Gasteiger partial charge is 0.208 e. The molecule has 0 amide bonds. The van der Waals surface area contributed by atoms with Gasteiger partial charge >= 0.3 is 0 Å². The summed E-state index contributed by atoms with van der Waals surface area (Å²) in [4.78, 5) is 14.8. The van der Waals surface area contributed by atoms with Gasteiger partial charge in [0.2, 0.25) is 0 Å². The van der Waals surface area contributed by atoms with Crippen molar-refractivity contribution in [3.05, 3.63) is 163 Å². The molecule has 0 saturated carbocycles. The molecule has 0 aliphatic rings. The highest BCUT2D eigenvalue weighted by Crippen LogP contribution is 2.44. The minimum Gasteiger partial charge on any atom is -0.208 e. The van der Waals surface area contributed by atoms with Crippen molar-refractivity contribution in [1.29, 1.82) is 0 Å². The van der Waals surface area contributed by atoms with Gasteiger partial charge in [-0.25, -0.2) is 15.0 Å². The van der Waals surface area contributed by atoms with Gasteiger partial charge in [-0.15, -0.1) is 11.3 Å². The first-order chi connectivity index (χ1) is 23.7. The van der Waals surface area contributed by atoms with E-state index in [4.69, 9.17) is 15.0 Å². The number of thiophene rings is 1. The number of benzene rings is 7. The number of fused-ring (bicyclic) bond motifs is 5. The van der Waals surface area contributed by atoms with Crippen LogP contribution in [0.3, 0.4) is 0 Å². The average molecular weight is 632 g/mol. The predicted octanol–water partition coefficient (Wildman–Crippen LogP) is 12.0. The topological polar surface area (TPSA) is 38.7 Å². The van der Waals surface area contributed by atoms with Crippen molar-refractivity contribution in [3.63, 3.8) is 0 Å². The summed E-state index contributed by atoms with van der Waals surface area (Å²) in [5.41, 5.74) is 8.91. The van der Waals surface area contributed by atoms with Crippen LogP contribution in [0.5, 0.6) is 0 Å². The van der Waals surface area contributed by atoms with E-state index in [2.05, 4.69) is 104 Å². The summed E-state index contributed by atoms with van der Waals surface area (Å²) in [6, 6.07) is 55.4. The monoisotopic (exact) mass is 631 g/mol. The minimum absolute atomic E-state index is 0.651. The smallest absolute Gasteiger partial charge is 0.164 e. The molecule has 0 aliphatic carbocycles. The molecule has 2 aromatic heterocycles. The predicted molar refractivity (Wildman–Crippen MR) is 202 cm³/mol. The van der Waals surface area contributed by atoms with E-state index in [1.165, 1.54) is 47.6 Å². The van der Waals surface area contributed by atoms with Gasteiger partial charge in [0.25, 0.3) is 0 Å². The third-order valence-corrected chi connectivity index (χ3v) is 10.4. The Bertz CT molecular complexity index is 2570. The fourth-order valence-corrected chi connectivity index (χ4v) is 8.00. The van der Waals surface area contributed by atoms with Crippen molar-refractivity contribution in [3.8, 4) is 56.4 Å². The zero-order chi connectivity index (χ0) is 32.0. The van der Waals surface area contributed by atoms with Crippen LogP contribution in [0.1, 0.15) is 5.56 Å². The highest BCUT2D eigenvalue weighted by Gasteiger charge is 2.16. The van der Waals surface area contributed by atoms with Gasteiger partial charge in [-0.2, -0.15) is 0 Å². The minimum atomic E-state index is 0.651. The number of aromatic nitrogens is 3. The molecular weight excluding hydrogens is 603 g/mol. The standard InChI is InChI=1S/C44H29N3S/c1-28-25-33-17-8-9-22-36(33)39-38-24-12-23-37(41(38)48-40(28)39)34-20-10-18-31(26-34)32-19-11-21-35(27-32)44-46-42(29-13-4-2-5-14-29)45-43(47-44)30-15-6-3-7-16-30/h2-27H,1H3. The van der Waals surface area contributed by atoms with Crippen LogP contribution >= 0.6 is 11.3 Å². The lowest BCUT2D eigenvalue weighted by atomic mass is 9.96. The Balaban J connectivity index is 1.15. The first kappa shape index (κ1) is 28.3. The molecule has 2 heterocycles. The molecule has 9 rings (SSSR count). The van der Waals surface area contributed by atoms with E-state index in [1.807, 2.05) is 72.0 Å². The Morgan fingerprint density at radius 3 is 1.58 bits per heavy atom. The van der Waals surface area contributed by atoms with E-state index in [9.17, 15) is 0 Å². The van der Waals surface area contributed by atoms with E-state index in [1.54, 1.807) is 0 Å². The second kappa shape index (κ2) is 11.7. The first-order valence-corrected chi connectivity index (χ1v) is 16.9. The summed E-state index contributed by atoms with van der Waals surface area (Å²) in [6.07, 6.45) is 0. The van der Waals surface area contributed by atoms with Gasteiger partial charge in [-0.05, 0) is 63.7 Å². The third-order valence-electron chi connectivity index (χ3n) is 9.00. The third kappa shape index (κ3) is 4.95. The molecule has 0 saturated heterocycles. The van der Waals surface area contributed by atoms with Gasteiger partial charge in [0.15, 0.2) is 17.5 Å². The molecule has 0 spiro atoms. The molecule has 48 heavy (non-hydrogen) atoms. The summed E-state index contributed by atoms with van der Waals surface area (Å²) in [5, 5.41) is 5.28. The van der Waals surface area contributed by atoms with Crippen LogP contribution in [0, 0.1) is 6.92 Å². The summed E-state index contributed by atoms with van der Waals surface area (Å²) >= 11 is 1.90. The molecule has 9 aromatic rings. The molecular formula is C44H29N3S. The SMILES string of the molecule is Cc1cc2ccccc2c2c1sc1c(-c3cccc(-c4cccc(-c5nc(-c6ccccc6)nc(-c6ccccc6)n5)c4)c3)cccc12. The second-order valence-electron chi connectivity index (χ2n) is 12.1. The molecule has 0 fully saturated rings. The highest BCUT2D eigenvalue weighted by atomic mass is 32.1. The van der Waals surface area contributed by atoms with Gasteiger partial charge in [0, 0.05) is 36.9 Å². The molecule has 0 unspecified atom stereocenters. The molecule has 0 N–H and O–H groups in total. The molecule has 3 nitrogen and oxygen atoms in total. The lowest BCUT2D eigenvalue weighted by Gasteiger charge is -2.11. The normalized spacial score (nSPS) is 11.4. The van der Waals surface area contributed by atoms with Crippen molar-refractivity contribution in [2.75, 3.05) is 0 Å². The Labute approximate surface area is 282 Å². The Morgan fingerprint density at radius 1 is 0.396 bits per heavy atom. The number of nitrogens with zero attached hydrogens (tertiary/aromatic N) is 3. The maximum absolute atomic E-state index is 4.96. The molecule has 226 valence electrons. The van der Waals surface area contributed by atoms with Gasteiger partial charge in [-0.3, -0.25) is 0 Å². The van der Waals surface area contributed by atoms with E-state index in [-0.39, 0.29) is 0 Å². The first-order valence-electron chi connectivity index (χ1n) is 16.1. The summed E-state index contributed by atoms with van der Waals surface area (Å²) in [7, 11) is 0. The van der Waals surface area contributed by atoms with Crippen LogP contribution in [-0.4, -0.2) is 15.0 Å². The Kier molecular flexibility index (Phi) is 6.88. The number of rotatable bonds is 5. The van der Waals surface area contributed by atoms with Gasteiger partial charge in [0.05, 0.1) is 0 Å². The second-order valence-corrected chi connectivity index (χ2v) is 13.1. The molecule has 0 bridgehead atoms. The fraction of sp³-hybridized carbons (Fsp3) is 0.0227. The summed E-state index contributed by atoms with van der Waals surface area (Å²) in [6.45, 7) is 2.23. The van der Waals surface area contributed by atoms with Gasteiger partial charge in [-0.1, -0.05) is 140 Å². The van der Waals surface area contributed by atoms with E-state index in [0.29, 0.717) is 17.5 Å². The van der Waals surface area contributed by atoms with Crippen LogP contribution < -0.4 is 0 Å². The zero-order valence-corrected chi connectivity index (χ0v) is 27.1. The van der Waals surface area contributed by atoms with Crippen molar-refractivity contribution < 1.29 is 0 Å². The average Bonchev–Trinajstić information content (AvgIpc) is 3.57. The van der Waals surface area contributed by atoms with Crippen LogP contribution in [0.15, 0.2) is 158 Å². The van der Waals surface area contributed by atoms with Crippen molar-refractivity contribution >= 4 is 42.3 Å². The summed E-state index contributed by atoms with van der Waals surface area (Å²) in [5.74, 6) is 1.97. The van der Waals surface area contributed by atoms with Crippen LogP contribution in [-0.2, 0) is 0 Å².